The molecule has 1 N–H and O–H groups in total. The van der Waals surface area contributed by atoms with Crippen LogP contribution in [0.4, 0.5) is 0 Å². The van der Waals surface area contributed by atoms with Gasteiger partial charge in [-0.25, -0.2) is 4.98 Å². The summed E-state index contributed by atoms with van der Waals surface area (Å²) < 4.78 is 0. The van der Waals surface area contributed by atoms with Gasteiger partial charge in [0.25, 0.3) is 5.56 Å². The van der Waals surface area contributed by atoms with E-state index >= 15 is 0 Å². The SMILES string of the molecule is O=c1cc(-c2ccccc2)nc(Cc2ccncc2)[nH]1. The van der Waals surface area contributed by atoms with Crippen molar-refractivity contribution in [1.82, 2.24) is 15.0 Å². The Kier molecular flexibility index (Phi) is 3.37. The molecule has 0 amide bonds. The van der Waals surface area contributed by atoms with Crippen LogP contribution in [0.15, 0.2) is 65.7 Å². The number of aromatic nitrogens is 3. The molecule has 0 aliphatic heterocycles. The third kappa shape index (κ3) is 2.80. The van der Waals surface area contributed by atoms with Crippen LogP contribution < -0.4 is 5.56 Å². The van der Waals surface area contributed by atoms with Gasteiger partial charge in [0.15, 0.2) is 0 Å². The van der Waals surface area contributed by atoms with E-state index < -0.39 is 0 Å². The molecule has 0 aliphatic carbocycles. The Morgan fingerprint density at radius 3 is 2.50 bits per heavy atom. The summed E-state index contributed by atoms with van der Waals surface area (Å²) in [4.78, 5) is 23.0. The van der Waals surface area contributed by atoms with Crippen molar-refractivity contribution in [2.24, 2.45) is 0 Å². The molecule has 4 nitrogen and oxygen atoms in total. The first kappa shape index (κ1) is 12.3. The monoisotopic (exact) mass is 263 g/mol. The lowest BCUT2D eigenvalue weighted by Crippen LogP contribution is -2.11. The fourth-order valence-electron chi connectivity index (χ4n) is 2.04. The zero-order valence-corrected chi connectivity index (χ0v) is 10.8. The largest absolute Gasteiger partial charge is 0.310 e. The molecule has 0 spiro atoms. The molecule has 0 saturated heterocycles. The summed E-state index contributed by atoms with van der Waals surface area (Å²) >= 11 is 0. The molecule has 2 aromatic heterocycles. The molecule has 20 heavy (non-hydrogen) atoms. The maximum atomic E-state index is 11.8. The molecule has 3 rings (SSSR count). The molecule has 2 heterocycles. The number of benzene rings is 1. The molecular formula is C16H13N3O. The Bertz CT molecular complexity index is 751. The molecule has 0 saturated carbocycles. The van der Waals surface area contributed by atoms with Gasteiger partial charge < -0.3 is 4.98 Å². The fraction of sp³-hybridized carbons (Fsp3) is 0.0625. The van der Waals surface area contributed by atoms with Crippen LogP contribution >= 0.6 is 0 Å². The average Bonchev–Trinajstić information content (AvgIpc) is 2.49. The second-order valence-corrected chi connectivity index (χ2v) is 4.48. The summed E-state index contributed by atoms with van der Waals surface area (Å²) in [5.74, 6) is 0.655. The second kappa shape index (κ2) is 5.48. The quantitative estimate of drug-likeness (QED) is 0.789. The predicted molar refractivity (Wildman–Crippen MR) is 77.3 cm³/mol. The van der Waals surface area contributed by atoms with Crippen LogP contribution in [0.2, 0.25) is 0 Å². The van der Waals surface area contributed by atoms with Crippen LogP contribution in [0.5, 0.6) is 0 Å². The van der Waals surface area contributed by atoms with Gasteiger partial charge in [0.2, 0.25) is 0 Å². The van der Waals surface area contributed by atoms with Crippen molar-refractivity contribution in [2.75, 3.05) is 0 Å². The zero-order chi connectivity index (χ0) is 13.8. The van der Waals surface area contributed by atoms with Crippen molar-refractivity contribution < 1.29 is 0 Å². The Morgan fingerprint density at radius 1 is 1.00 bits per heavy atom. The van der Waals surface area contributed by atoms with Crippen molar-refractivity contribution in [3.63, 3.8) is 0 Å². The molecule has 0 atom stereocenters. The standard InChI is InChI=1S/C16H13N3O/c20-16-11-14(13-4-2-1-3-5-13)18-15(19-16)10-12-6-8-17-9-7-12/h1-9,11H,10H2,(H,18,19,20). The Balaban J connectivity index is 1.97. The first-order valence-corrected chi connectivity index (χ1v) is 6.36. The van der Waals surface area contributed by atoms with Gasteiger partial charge in [-0.3, -0.25) is 9.78 Å². The summed E-state index contributed by atoms with van der Waals surface area (Å²) in [7, 11) is 0. The lowest BCUT2D eigenvalue weighted by molar-refractivity contribution is 0.947. The molecule has 0 bridgehead atoms. The zero-order valence-electron chi connectivity index (χ0n) is 10.8. The van der Waals surface area contributed by atoms with E-state index in [4.69, 9.17) is 0 Å². The maximum absolute atomic E-state index is 11.8. The molecule has 3 aromatic rings. The first-order valence-electron chi connectivity index (χ1n) is 6.36. The minimum Gasteiger partial charge on any atom is -0.310 e. The number of nitrogens with one attached hydrogen (secondary N) is 1. The van der Waals surface area contributed by atoms with E-state index in [1.165, 1.54) is 6.07 Å². The molecular weight excluding hydrogens is 250 g/mol. The van der Waals surface area contributed by atoms with Crippen LogP contribution in [-0.4, -0.2) is 15.0 Å². The van der Waals surface area contributed by atoms with E-state index in [0.29, 0.717) is 17.9 Å². The van der Waals surface area contributed by atoms with Crippen LogP contribution in [0.1, 0.15) is 11.4 Å². The molecule has 98 valence electrons. The summed E-state index contributed by atoms with van der Waals surface area (Å²) in [5.41, 5.74) is 2.56. The third-order valence-corrected chi connectivity index (χ3v) is 2.98. The topological polar surface area (TPSA) is 58.6 Å². The fourth-order valence-corrected chi connectivity index (χ4v) is 2.04. The lowest BCUT2D eigenvalue weighted by atomic mass is 10.1. The Morgan fingerprint density at radius 2 is 1.75 bits per heavy atom. The normalized spacial score (nSPS) is 10.4. The minimum absolute atomic E-state index is 0.136. The van der Waals surface area contributed by atoms with Gasteiger partial charge in [-0.15, -0.1) is 0 Å². The van der Waals surface area contributed by atoms with E-state index in [9.17, 15) is 4.79 Å². The van der Waals surface area contributed by atoms with Gasteiger partial charge in [-0.2, -0.15) is 0 Å². The van der Waals surface area contributed by atoms with Crippen molar-refractivity contribution >= 4 is 0 Å². The lowest BCUT2D eigenvalue weighted by Gasteiger charge is -2.04. The summed E-state index contributed by atoms with van der Waals surface area (Å²) in [6, 6.07) is 15.0. The van der Waals surface area contributed by atoms with Gasteiger partial charge in [0, 0.05) is 30.4 Å². The van der Waals surface area contributed by atoms with Gasteiger partial charge in [-0.1, -0.05) is 30.3 Å². The van der Waals surface area contributed by atoms with Crippen molar-refractivity contribution in [3.05, 3.63) is 82.7 Å². The summed E-state index contributed by atoms with van der Waals surface area (Å²) in [6.07, 6.45) is 4.04. The van der Waals surface area contributed by atoms with Gasteiger partial charge in [0.05, 0.1) is 5.69 Å². The number of hydrogen-bond donors (Lipinski definition) is 1. The molecule has 4 heteroatoms. The highest BCUT2D eigenvalue weighted by Crippen LogP contribution is 2.15. The number of hydrogen-bond acceptors (Lipinski definition) is 3. The highest BCUT2D eigenvalue weighted by Gasteiger charge is 2.04. The summed E-state index contributed by atoms with van der Waals surface area (Å²) in [6.45, 7) is 0. The molecule has 1 aromatic carbocycles. The highest BCUT2D eigenvalue weighted by atomic mass is 16.1. The number of pyridine rings is 1. The van der Waals surface area contributed by atoms with Crippen LogP contribution in [-0.2, 0) is 6.42 Å². The Labute approximate surface area is 116 Å². The minimum atomic E-state index is -0.136. The number of H-pyrrole nitrogens is 1. The number of aromatic amines is 1. The molecule has 0 aliphatic rings. The van der Waals surface area contributed by atoms with E-state index in [-0.39, 0.29) is 5.56 Å². The number of rotatable bonds is 3. The average molecular weight is 263 g/mol. The second-order valence-electron chi connectivity index (χ2n) is 4.48. The predicted octanol–water partition coefficient (Wildman–Crippen LogP) is 2.42. The van der Waals surface area contributed by atoms with Gasteiger partial charge in [-0.05, 0) is 17.7 Å². The van der Waals surface area contributed by atoms with Crippen molar-refractivity contribution in [3.8, 4) is 11.3 Å². The molecule has 0 fully saturated rings. The van der Waals surface area contributed by atoms with Gasteiger partial charge >= 0.3 is 0 Å². The van der Waals surface area contributed by atoms with Crippen LogP contribution in [0.25, 0.3) is 11.3 Å². The van der Waals surface area contributed by atoms with Gasteiger partial charge in [0.1, 0.15) is 5.82 Å². The van der Waals surface area contributed by atoms with Crippen molar-refractivity contribution in [2.45, 2.75) is 6.42 Å². The third-order valence-electron chi connectivity index (χ3n) is 2.98. The molecule has 0 radical (unpaired) electrons. The Hall–Kier alpha value is -2.75. The van der Waals surface area contributed by atoms with E-state index in [0.717, 1.165) is 11.1 Å². The van der Waals surface area contributed by atoms with Crippen molar-refractivity contribution in [1.29, 1.82) is 0 Å². The highest BCUT2D eigenvalue weighted by molar-refractivity contribution is 5.58. The number of nitrogens with zero attached hydrogens (tertiary/aromatic N) is 2. The van der Waals surface area contributed by atoms with Crippen LogP contribution in [0, 0.1) is 0 Å². The first-order chi connectivity index (χ1) is 9.81. The summed E-state index contributed by atoms with van der Waals surface area (Å²) in [5, 5.41) is 0. The molecule has 0 unspecified atom stereocenters. The smallest absolute Gasteiger partial charge is 0.251 e. The van der Waals surface area contributed by atoms with E-state index in [2.05, 4.69) is 15.0 Å². The van der Waals surface area contributed by atoms with Crippen LogP contribution in [0.3, 0.4) is 0 Å². The maximum Gasteiger partial charge on any atom is 0.251 e. The van der Waals surface area contributed by atoms with E-state index in [1.54, 1.807) is 12.4 Å². The van der Waals surface area contributed by atoms with E-state index in [1.807, 2.05) is 42.5 Å².